The van der Waals surface area contributed by atoms with Gasteiger partial charge in [-0.25, -0.2) is 0 Å². The number of hydrogen-bond donors (Lipinski definition) is 1. The predicted molar refractivity (Wildman–Crippen MR) is 44.2 cm³/mol. The Bertz CT molecular complexity index is 96.4. The molecule has 0 aliphatic carbocycles. The van der Waals surface area contributed by atoms with E-state index in [1.54, 1.807) is 19.2 Å². The third-order valence-electron chi connectivity index (χ3n) is 1.10. The zero-order valence-electron chi connectivity index (χ0n) is 7.74. The van der Waals surface area contributed by atoms with Gasteiger partial charge in [0.25, 0.3) is 0 Å². The van der Waals surface area contributed by atoms with Crippen LogP contribution < -0.4 is 0 Å². The van der Waals surface area contributed by atoms with Crippen molar-refractivity contribution in [2.75, 3.05) is 41.3 Å². The van der Waals surface area contributed by atoms with Gasteiger partial charge in [0, 0.05) is 20.6 Å². The number of aliphatic hydroxyl groups excluding tert-OH is 1. The molecule has 0 aliphatic heterocycles. The number of rotatable bonds is 5. The van der Waals surface area contributed by atoms with E-state index in [9.17, 15) is 5.11 Å². The van der Waals surface area contributed by atoms with Crippen molar-refractivity contribution in [1.82, 2.24) is 9.96 Å². The molecule has 1 atom stereocenters. The molecule has 0 unspecified atom stereocenters. The maximum Gasteiger partial charge on any atom is 0.0956 e. The number of likely N-dealkylation sites (N-methyl/N-ethyl adjacent to an activating group) is 1. The second-order valence-corrected chi connectivity index (χ2v) is 3.02. The molecule has 0 heterocycles. The van der Waals surface area contributed by atoms with Crippen molar-refractivity contribution in [3.05, 3.63) is 0 Å². The smallest absolute Gasteiger partial charge is 0.0956 e. The van der Waals surface area contributed by atoms with Crippen molar-refractivity contribution >= 4 is 0 Å². The van der Waals surface area contributed by atoms with E-state index >= 15 is 0 Å². The van der Waals surface area contributed by atoms with Crippen molar-refractivity contribution in [2.45, 2.75) is 6.10 Å². The van der Waals surface area contributed by atoms with Gasteiger partial charge < -0.3 is 10.0 Å². The molecule has 1 N–H and O–H groups in total. The van der Waals surface area contributed by atoms with Crippen LogP contribution in [0.1, 0.15) is 0 Å². The average Bonchev–Trinajstić information content (AvgIpc) is 1.82. The maximum atomic E-state index is 9.28. The average molecular weight is 162 g/mol. The summed E-state index contributed by atoms with van der Waals surface area (Å²) >= 11 is 0. The molecule has 0 rings (SSSR count). The Hall–Kier alpha value is -0.160. The van der Waals surface area contributed by atoms with Gasteiger partial charge in [-0.1, -0.05) is 0 Å². The Labute approximate surface area is 68.3 Å². The molecule has 0 amide bonds. The Morgan fingerprint density at radius 3 is 2.18 bits per heavy atom. The van der Waals surface area contributed by atoms with Gasteiger partial charge in [-0.2, -0.15) is 5.06 Å². The highest BCUT2D eigenvalue weighted by Crippen LogP contribution is 1.88. The van der Waals surface area contributed by atoms with E-state index in [4.69, 9.17) is 4.84 Å². The van der Waals surface area contributed by atoms with Gasteiger partial charge in [0.15, 0.2) is 0 Å². The van der Waals surface area contributed by atoms with Crippen molar-refractivity contribution in [3.8, 4) is 0 Å². The standard InChI is InChI=1S/C7H18N2O2/c1-8(2)5-7(10)6-11-9(3)4/h7,10H,5-6H2,1-4H3/t7-/m0/s1. The van der Waals surface area contributed by atoms with E-state index in [1.165, 1.54) is 0 Å². The van der Waals surface area contributed by atoms with Crippen LogP contribution in [0.3, 0.4) is 0 Å². The van der Waals surface area contributed by atoms with Gasteiger partial charge in [-0.3, -0.25) is 4.84 Å². The number of aliphatic hydroxyl groups is 1. The highest BCUT2D eigenvalue weighted by molar-refractivity contribution is 4.55. The van der Waals surface area contributed by atoms with Crippen molar-refractivity contribution in [1.29, 1.82) is 0 Å². The van der Waals surface area contributed by atoms with Crippen molar-refractivity contribution < 1.29 is 9.94 Å². The zero-order chi connectivity index (χ0) is 8.85. The molecule has 4 nitrogen and oxygen atoms in total. The predicted octanol–water partition coefficient (Wildman–Crippen LogP) is -0.598. The van der Waals surface area contributed by atoms with Gasteiger partial charge in [-0.05, 0) is 14.1 Å². The van der Waals surface area contributed by atoms with E-state index < -0.39 is 6.10 Å². The first kappa shape index (κ1) is 10.8. The monoisotopic (exact) mass is 162 g/mol. The molecule has 0 fully saturated rings. The van der Waals surface area contributed by atoms with Crippen LogP contribution in [-0.2, 0) is 4.84 Å². The Morgan fingerprint density at radius 1 is 1.27 bits per heavy atom. The van der Waals surface area contributed by atoms with E-state index in [0.717, 1.165) is 0 Å². The second kappa shape index (κ2) is 5.49. The molecule has 0 saturated heterocycles. The molecule has 4 heteroatoms. The number of hydroxylamine groups is 2. The van der Waals surface area contributed by atoms with Crippen molar-refractivity contribution in [2.24, 2.45) is 0 Å². The second-order valence-electron chi connectivity index (χ2n) is 3.02. The van der Waals surface area contributed by atoms with Crippen LogP contribution in [-0.4, -0.2) is 62.5 Å². The van der Waals surface area contributed by atoms with Crippen LogP contribution in [0.25, 0.3) is 0 Å². The highest BCUT2D eigenvalue weighted by atomic mass is 16.7. The molecular formula is C7H18N2O2. The summed E-state index contributed by atoms with van der Waals surface area (Å²) in [4.78, 5) is 6.98. The first-order chi connectivity index (χ1) is 5.02. The lowest BCUT2D eigenvalue weighted by molar-refractivity contribution is -0.146. The van der Waals surface area contributed by atoms with Crippen molar-refractivity contribution in [3.63, 3.8) is 0 Å². The molecule has 0 spiro atoms. The molecule has 0 saturated carbocycles. The molecule has 0 aromatic heterocycles. The molecule has 0 aliphatic rings. The molecule has 0 aromatic rings. The van der Waals surface area contributed by atoms with E-state index in [0.29, 0.717) is 13.2 Å². The van der Waals surface area contributed by atoms with E-state index in [2.05, 4.69) is 0 Å². The summed E-state index contributed by atoms with van der Waals surface area (Å²) in [6, 6.07) is 0. The fourth-order valence-corrected chi connectivity index (χ4v) is 0.709. The first-order valence-corrected chi connectivity index (χ1v) is 3.65. The van der Waals surface area contributed by atoms with Gasteiger partial charge in [-0.15, -0.1) is 0 Å². The fourth-order valence-electron chi connectivity index (χ4n) is 0.709. The van der Waals surface area contributed by atoms with Crippen LogP contribution in [0, 0.1) is 0 Å². The third kappa shape index (κ3) is 7.74. The van der Waals surface area contributed by atoms with Gasteiger partial charge in [0.1, 0.15) is 0 Å². The Balaban J connectivity index is 3.29. The van der Waals surface area contributed by atoms with Crippen LogP contribution in [0.4, 0.5) is 0 Å². The largest absolute Gasteiger partial charge is 0.389 e. The summed E-state index contributed by atoms with van der Waals surface area (Å²) < 4.78 is 0. The Morgan fingerprint density at radius 2 is 1.82 bits per heavy atom. The van der Waals surface area contributed by atoms with Gasteiger partial charge >= 0.3 is 0 Å². The number of nitrogens with zero attached hydrogens (tertiary/aromatic N) is 2. The summed E-state index contributed by atoms with van der Waals surface area (Å²) in [5.41, 5.74) is 0. The zero-order valence-corrected chi connectivity index (χ0v) is 7.74. The first-order valence-electron chi connectivity index (χ1n) is 3.65. The minimum atomic E-state index is -0.410. The van der Waals surface area contributed by atoms with E-state index in [1.807, 2.05) is 19.0 Å². The molecule has 0 bridgehead atoms. The van der Waals surface area contributed by atoms with E-state index in [-0.39, 0.29) is 0 Å². The molecule has 11 heavy (non-hydrogen) atoms. The summed E-state index contributed by atoms with van der Waals surface area (Å²) in [5.74, 6) is 0. The van der Waals surface area contributed by atoms with Crippen LogP contribution >= 0.6 is 0 Å². The topological polar surface area (TPSA) is 35.9 Å². The quantitative estimate of drug-likeness (QED) is 0.548. The number of hydrogen-bond acceptors (Lipinski definition) is 4. The molecule has 0 aromatic carbocycles. The fraction of sp³-hybridized carbons (Fsp3) is 1.00. The van der Waals surface area contributed by atoms with Crippen LogP contribution in [0.2, 0.25) is 0 Å². The molecule has 68 valence electrons. The summed E-state index contributed by atoms with van der Waals surface area (Å²) in [5, 5.41) is 10.9. The minimum Gasteiger partial charge on any atom is -0.389 e. The molecule has 0 radical (unpaired) electrons. The lowest BCUT2D eigenvalue weighted by Crippen LogP contribution is -2.31. The van der Waals surface area contributed by atoms with Gasteiger partial charge in [0.05, 0.1) is 12.7 Å². The summed E-state index contributed by atoms with van der Waals surface area (Å²) in [6.45, 7) is 0.985. The van der Waals surface area contributed by atoms with Crippen LogP contribution in [0.5, 0.6) is 0 Å². The third-order valence-corrected chi connectivity index (χ3v) is 1.10. The Kier molecular flexibility index (Phi) is 5.41. The van der Waals surface area contributed by atoms with Crippen LogP contribution in [0.15, 0.2) is 0 Å². The maximum absolute atomic E-state index is 9.28. The highest BCUT2D eigenvalue weighted by Gasteiger charge is 2.05. The lowest BCUT2D eigenvalue weighted by atomic mass is 10.4. The summed E-state index contributed by atoms with van der Waals surface area (Å²) in [6.07, 6.45) is -0.410. The normalized spacial score (nSPS) is 14.5. The van der Waals surface area contributed by atoms with Gasteiger partial charge in [0.2, 0.25) is 0 Å². The summed E-state index contributed by atoms with van der Waals surface area (Å²) in [7, 11) is 7.42. The minimum absolute atomic E-state index is 0.352. The molecular weight excluding hydrogens is 144 g/mol. The lowest BCUT2D eigenvalue weighted by Gasteiger charge is -2.17. The SMILES string of the molecule is CN(C)C[C@H](O)CON(C)C.